The number of hydrogen-bond donors (Lipinski definition) is 2. The van der Waals surface area contributed by atoms with Gasteiger partial charge in [-0.1, -0.05) is 30.3 Å². The number of nitrogens with one attached hydrogen (secondary N) is 2. The number of halogens is 2. The van der Waals surface area contributed by atoms with Gasteiger partial charge in [0.05, 0.1) is 10.6 Å². The van der Waals surface area contributed by atoms with Crippen molar-refractivity contribution in [2.45, 2.75) is 19.4 Å². The number of rotatable bonds is 4. The summed E-state index contributed by atoms with van der Waals surface area (Å²) in [6.07, 6.45) is 1.04. The molecule has 144 valence electrons. The van der Waals surface area contributed by atoms with Gasteiger partial charge in [0.2, 0.25) is 0 Å². The first kappa shape index (κ1) is 21.9. The van der Waals surface area contributed by atoms with Crippen LogP contribution in [0.5, 0.6) is 0 Å². The average Bonchev–Trinajstić information content (AvgIpc) is 3.29. The van der Waals surface area contributed by atoms with Crippen LogP contribution in [0, 0.1) is 6.92 Å². The van der Waals surface area contributed by atoms with Crippen molar-refractivity contribution in [2.24, 2.45) is 0 Å². The van der Waals surface area contributed by atoms with E-state index in [1.54, 1.807) is 11.3 Å². The number of aryl methyl sites for hydroxylation is 1. The minimum absolute atomic E-state index is 0. The topological polar surface area (TPSA) is 54.0 Å². The van der Waals surface area contributed by atoms with E-state index >= 15 is 0 Å². The van der Waals surface area contributed by atoms with Crippen LogP contribution in [0.2, 0.25) is 0 Å². The summed E-state index contributed by atoms with van der Waals surface area (Å²) in [4.78, 5) is 19.0. The molecule has 1 aliphatic heterocycles. The smallest absolute Gasteiger partial charge is 0.263 e. The maximum Gasteiger partial charge on any atom is 0.263 e. The lowest BCUT2D eigenvalue weighted by Gasteiger charge is -2.27. The molecular formula is C19H21Cl2N3OS2. The molecule has 0 saturated heterocycles. The highest BCUT2D eigenvalue weighted by molar-refractivity contribution is 7.22. The Balaban J connectivity index is 0.00000131. The molecule has 1 unspecified atom stereocenters. The van der Waals surface area contributed by atoms with Crippen molar-refractivity contribution in [3.05, 3.63) is 63.5 Å². The van der Waals surface area contributed by atoms with E-state index in [4.69, 9.17) is 0 Å². The highest BCUT2D eigenvalue weighted by Crippen LogP contribution is 2.31. The number of carbonyl (C=O) groups excluding carboxylic acids is 1. The molecule has 1 atom stereocenters. The zero-order chi connectivity index (χ0) is 17.2. The van der Waals surface area contributed by atoms with Gasteiger partial charge in [0, 0.05) is 12.6 Å². The van der Waals surface area contributed by atoms with E-state index in [2.05, 4.69) is 39.9 Å². The van der Waals surface area contributed by atoms with Gasteiger partial charge in [-0.3, -0.25) is 4.79 Å². The van der Waals surface area contributed by atoms with E-state index in [-0.39, 0.29) is 36.8 Å². The van der Waals surface area contributed by atoms with Gasteiger partial charge >= 0.3 is 0 Å². The molecule has 2 N–H and O–H groups in total. The lowest BCUT2D eigenvalue weighted by Crippen LogP contribution is -2.38. The van der Waals surface area contributed by atoms with Crippen molar-refractivity contribution in [2.75, 3.05) is 13.1 Å². The number of fused-ring (bicyclic) bond motifs is 1. The largest absolute Gasteiger partial charge is 0.349 e. The first-order valence-electron chi connectivity index (χ1n) is 8.33. The van der Waals surface area contributed by atoms with Crippen molar-refractivity contribution in [1.29, 1.82) is 0 Å². The first-order valence-corrected chi connectivity index (χ1v) is 10.0. The van der Waals surface area contributed by atoms with E-state index in [1.165, 1.54) is 22.5 Å². The summed E-state index contributed by atoms with van der Waals surface area (Å²) >= 11 is 3.11. The quantitative estimate of drug-likeness (QED) is 0.619. The normalized spacial score (nSPS) is 15.2. The molecule has 4 rings (SSSR count). The summed E-state index contributed by atoms with van der Waals surface area (Å²) in [6.45, 7) is 3.43. The minimum Gasteiger partial charge on any atom is -0.349 e. The summed E-state index contributed by atoms with van der Waals surface area (Å²) in [5, 5.41) is 9.52. The molecule has 0 aliphatic carbocycles. The SMILES string of the molecule is Cc1nc(-c2cccs2)sc1C(=O)NCC1NCCc2ccccc21.Cl.Cl. The third kappa shape index (κ3) is 4.70. The Bertz CT molecular complexity index is 896. The van der Waals surface area contributed by atoms with Crippen LogP contribution in [0.25, 0.3) is 9.88 Å². The van der Waals surface area contributed by atoms with Gasteiger partial charge in [-0.25, -0.2) is 4.98 Å². The van der Waals surface area contributed by atoms with Crippen molar-refractivity contribution in [3.8, 4) is 9.88 Å². The summed E-state index contributed by atoms with van der Waals surface area (Å²) in [7, 11) is 0. The fourth-order valence-corrected chi connectivity index (χ4v) is 4.94. The summed E-state index contributed by atoms with van der Waals surface area (Å²) in [6, 6.07) is 12.7. The number of thiazole rings is 1. The molecule has 27 heavy (non-hydrogen) atoms. The van der Waals surface area contributed by atoms with E-state index in [9.17, 15) is 4.79 Å². The molecule has 4 nitrogen and oxygen atoms in total. The number of amides is 1. The van der Waals surface area contributed by atoms with Gasteiger partial charge in [0.15, 0.2) is 0 Å². The highest BCUT2D eigenvalue weighted by Gasteiger charge is 2.21. The number of aromatic nitrogens is 1. The molecule has 1 aliphatic rings. The van der Waals surface area contributed by atoms with Crippen LogP contribution >= 0.6 is 47.5 Å². The zero-order valence-electron chi connectivity index (χ0n) is 14.7. The first-order chi connectivity index (χ1) is 12.2. The second-order valence-corrected chi connectivity index (χ2v) is 8.02. The predicted octanol–water partition coefficient (Wildman–Crippen LogP) is 4.64. The molecule has 0 bridgehead atoms. The summed E-state index contributed by atoms with van der Waals surface area (Å²) in [5.74, 6) is -0.0392. The molecule has 0 radical (unpaired) electrons. The predicted molar refractivity (Wildman–Crippen MR) is 118 cm³/mol. The average molecular weight is 442 g/mol. The molecule has 0 spiro atoms. The van der Waals surface area contributed by atoms with Crippen LogP contribution in [-0.2, 0) is 6.42 Å². The standard InChI is InChI=1S/C19H19N3OS2.2ClH/c1-12-17(25-19(22-12)16-7-4-10-24-16)18(23)21-11-15-14-6-3-2-5-13(14)8-9-20-15;;/h2-7,10,15,20H,8-9,11H2,1H3,(H,21,23);2*1H. The number of nitrogens with zero attached hydrogens (tertiary/aromatic N) is 1. The monoisotopic (exact) mass is 441 g/mol. The second-order valence-electron chi connectivity index (χ2n) is 6.08. The van der Waals surface area contributed by atoms with E-state index in [0.717, 1.165) is 28.5 Å². The lowest BCUT2D eigenvalue weighted by atomic mass is 9.94. The van der Waals surface area contributed by atoms with Gasteiger partial charge in [0.1, 0.15) is 9.88 Å². The Morgan fingerprint density at radius 3 is 2.85 bits per heavy atom. The zero-order valence-corrected chi connectivity index (χ0v) is 18.0. The second kappa shape index (κ2) is 9.66. The summed E-state index contributed by atoms with van der Waals surface area (Å²) in [5.41, 5.74) is 3.45. The maximum atomic E-state index is 12.6. The third-order valence-electron chi connectivity index (χ3n) is 4.42. The Morgan fingerprint density at radius 1 is 1.26 bits per heavy atom. The van der Waals surface area contributed by atoms with Gasteiger partial charge < -0.3 is 10.6 Å². The number of thiophene rings is 1. The molecule has 1 amide bonds. The van der Waals surface area contributed by atoms with Crippen molar-refractivity contribution in [1.82, 2.24) is 15.6 Å². The van der Waals surface area contributed by atoms with Gasteiger partial charge in [-0.15, -0.1) is 47.5 Å². The van der Waals surface area contributed by atoms with Gasteiger partial charge in [0.25, 0.3) is 5.91 Å². The molecule has 0 fully saturated rings. The Labute approximate surface area is 179 Å². The molecule has 2 aromatic heterocycles. The molecule has 3 aromatic rings. The minimum atomic E-state index is -0.0392. The molecule has 8 heteroatoms. The van der Waals surface area contributed by atoms with E-state index < -0.39 is 0 Å². The maximum absolute atomic E-state index is 12.6. The van der Waals surface area contributed by atoms with Gasteiger partial charge in [-0.2, -0.15) is 0 Å². The van der Waals surface area contributed by atoms with Crippen LogP contribution in [0.4, 0.5) is 0 Å². The van der Waals surface area contributed by atoms with Crippen molar-refractivity contribution >= 4 is 53.4 Å². The van der Waals surface area contributed by atoms with Crippen molar-refractivity contribution in [3.63, 3.8) is 0 Å². The lowest BCUT2D eigenvalue weighted by molar-refractivity contribution is 0.0952. The van der Waals surface area contributed by atoms with E-state index in [0.29, 0.717) is 11.4 Å². The van der Waals surface area contributed by atoms with Crippen molar-refractivity contribution < 1.29 is 4.79 Å². The highest BCUT2D eigenvalue weighted by atomic mass is 35.5. The number of hydrogen-bond acceptors (Lipinski definition) is 5. The fourth-order valence-electron chi connectivity index (χ4n) is 3.16. The summed E-state index contributed by atoms with van der Waals surface area (Å²) < 4.78 is 0. The van der Waals surface area contributed by atoms with Crippen LogP contribution in [0.3, 0.4) is 0 Å². The number of benzene rings is 1. The molecular weight excluding hydrogens is 421 g/mol. The number of carbonyl (C=O) groups is 1. The van der Waals surface area contributed by atoms with Crippen LogP contribution < -0.4 is 10.6 Å². The van der Waals surface area contributed by atoms with E-state index in [1.807, 2.05) is 24.4 Å². The van der Waals surface area contributed by atoms with Crippen LogP contribution in [0.1, 0.15) is 32.5 Å². The Morgan fingerprint density at radius 2 is 2.07 bits per heavy atom. The van der Waals surface area contributed by atoms with Gasteiger partial charge in [-0.05, 0) is 42.5 Å². The third-order valence-corrected chi connectivity index (χ3v) is 6.61. The Hall–Kier alpha value is -1.44. The van der Waals surface area contributed by atoms with Crippen LogP contribution in [-0.4, -0.2) is 24.0 Å². The molecule has 0 saturated carbocycles. The molecule has 1 aromatic carbocycles. The fraction of sp³-hybridized carbons (Fsp3) is 0.263. The Kier molecular flexibility index (Phi) is 7.82. The van der Waals surface area contributed by atoms with Crippen LogP contribution in [0.15, 0.2) is 41.8 Å². The molecule has 3 heterocycles.